The second-order valence-electron chi connectivity index (χ2n) is 7.59. The molecule has 0 spiro atoms. The molecule has 33 heavy (non-hydrogen) atoms. The average Bonchev–Trinajstić information content (AvgIpc) is 3.05. The Morgan fingerprint density at radius 2 is 1.85 bits per heavy atom. The van der Waals surface area contributed by atoms with Crippen molar-refractivity contribution in [3.05, 3.63) is 82.7 Å². The number of aromatic nitrogens is 3. The highest BCUT2D eigenvalue weighted by atomic mass is 19.4. The fraction of sp³-hybridized carbons (Fsp3) is 0.208. The van der Waals surface area contributed by atoms with E-state index in [0.717, 1.165) is 12.1 Å². The lowest BCUT2D eigenvalue weighted by Crippen LogP contribution is -2.14. The quantitative estimate of drug-likeness (QED) is 0.440. The zero-order valence-corrected chi connectivity index (χ0v) is 18.2. The highest BCUT2D eigenvalue weighted by Gasteiger charge is 2.30. The maximum atomic E-state index is 13.2. The number of hydrogen-bond donors (Lipinski definition) is 1. The van der Waals surface area contributed by atoms with Crippen molar-refractivity contribution in [1.82, 2.24) is 14.8 Å². The highest BCUT2D eigenvalue weighted by molar-refractivity contribution is 6.13. The fourth-order valence-corrected chi connectivity index (χ4v) is 3.68. The number of anilines is 1. The maximum Gasteiger partial charge on any atom is 0.416 e. The summed E-state index contributed by atoms with van der Waals surface area (Å²) in [5.74, 6) is -0.0516. The lowest BCUT2D eigenvalue weighted by molar-refractivity contribution is -0.137. The van der Waals surface area contributed by atoms with Crippen molar-refractivity contribution in [2.45, 2.75) is 26.6 Å². The molecule has 9 heteroatoms. The van der Waals surface area contributed by atoms with Gasteiger partial charge in [-0.25, -0.2) is 4.98 Å². The van der Waals surface area contributed by atoms with E-state index in [2.05, 4.69) is 15.4 Å². The minimum atomic E-state index is -4.42. The number of pyridine rings is 1. The number of aryl methyl sites for hydroxylation is 1. The highest BCUT2D eigenvalue weighted by Crippen LogP contribution is 2.30. The van der Waals surface area contributed by atoms with Crippen LogP contribution in [-0.2, 0) is 12.7 Å². The van der Waals surface area contributed by atoms with Gasteiger partial charge in [0.2, 0.25) is 5.88 Å². The summed E-state index contributed by atoms with van der Waals surface area (Å²) in [7, 11) is 1.48. The van der Waals surface area contributed by atoms with Crippen LogP contribution in [0.5, 0.6) is 5.88 Å². The van der Waals surface area contributed by atoms with E-state index in [1.807, 2.05) is 12.1 Å². The van der Waals surface area contributed by atoms with Crippen molar-refractivity contribution < 1.29 is 22.7 Å². The van der Waals surface area contributed by atoms with Gasteiger partial charge in [-0.2, -0.15) is 18.3 Å². The molecule has 1 amide bonds. The number of ether oxygens (including phenoxy) is 1. The van der Waals surface area contributed by atoms with Crippen LogP contribution in [-0.4, -0.2) is 27.8 Å². The molecule has 6 nitrogen and oxygen atoms in total. The molecule has 0 bridgehead atoms. The molecule has 0 saturated heterocycles. The molecule has 0 aliphatic heterocycles. The van der Waals surface area contributed by atoms with Gasteiger partial charge in [0, 0.05) is 11.5 Å². The second kappa shape index (κ2) is 8.57. The number of alkyl halides is 3. The third kappa shape index (κ3) is 4.52. The molecule has 170 valence electrons. The van der Waals surface area contributed by atoms with Gasteiger partial charge in [-0.3, -0.25) is 9.48 Å². The van der Waals surface area contributed by atoms with E-state index in [0.29, 0.717) is 45.0 Å². The van der Waals surface area contributed by atoms with Crippen LogP contribution in [0.3, 0.4) is 0 Å². The number of fused-ring (bicyclic) bond motifs is 1. The average molecular weight is 454 g/mol. The summed E-state index contributed by atoms with van der Waals surface area (Å²) in [6, 6.07) is 13.9. The first kappa shape index (κ1) is 22.3. The van der Waals surface area contributed by atoms with Gasteiger partial charge in [0.15, 0.2) is 0 Å². The summed E-state index contributed by atoms with van der Waals surface area (Å²) in [5.41, 5.74) is 2.44. The summed E-state index contributed by atoms with van der Waals surface area (Å²) in [5, 5.41) is 7.99. The third-order valence-electron chi connectivity index (χ3n) is 5.35. The number of amides is 1. The Labute approximate surface area is 188 Å². The number of halogens is 3. The zero-order chi connectivity index (χ0) is 23.8. The molecule has 0 unspecified atom stereocenters. The van der Waals surface area contributed by atoms with Crippen molar-refractivity contribution in [2.75, 3.05) is 12.4 Å². The normalized spacial score (nSPS) is 11.6. The van der Waals surface area contributed by atoms with E-state index >= 15 is 0 Å². The molecule has 0 fully saturated rings. The first-order valence-corrected chi connectivity index (χ1v) is 10.1. The van der Waals surface area contributed by atoms with Crippen LogP contribution in [0, 0.1) is 13.8 Å². The Morgan fingerprint density at radius 1 is 1.09 bits per heavy atom. The largest absolute Gasteiger partial charge is 0.481 e. The number of para-hydroxylation sites is 1. The van der Waals surface area contributed by atoms with E-state index in [4.69, 9.17) is 4.74 Å². The van der Waals surface area contributed by atoms with Crippen LogP contribution < -0.4 is 10.1 Å². The number of benzene rings is 2. The van der Waals surface area contributed by atoms with Crippen LogP contribution in [0.25, 0.3) is 10.9 Å². The summed E-state index contributed by atoms with van der Waals surface area (Å²) >= 11 is 0. The Hall–Kier alpha value is -3.88. The van der Waals surface area contributed by atoms with Crippen molar-refractivity contribution in [3.63, 3.8) is 0 Å². The van der Waals surface area contributed by atoms with Gasteiger partial charge in [0.25, 0.3) is 5.91 Å². The summed E-state index contributed by atoms with van der Waals surface area (Å²) in [6.45, 7) is 3.63. The predicted molar refractivity (Wildman–Crippen MR) is 118 cm³/mol. The fourth-order valence-electron chi connectivity index (χ4n) is 3.68. The third-order valence-corrected chi connectivity index (χ3v) is 5.35. The Balaban J connectivity index is 1.64. The van der Waals surface area contributed by atoms with Crippen LogP contribution in [0.15, 0.2) is 54.6 Å². The maximum absolute atomic E-state index is 13.2. The van der Waals surface area contributed by atoms with E-state index in [1.54, 1.807) is 42.8 Å². The molecule has 0 aliphatic rings. The van der Waals surface area contributed by atoms with Crippen LogP contribution >= 0.6 is 0 Å². The Kier molecular flexibility index (Phi) is 5.80. The SMILES string of the molecule is COc1cc(C(=O)Nc2c(C)nn(Cc3cccc(C(F)(F)F)c3)c2C)c2ccccc2n1. The molecule has 4 aromatic rings. The molecule has 4 rings (SSSR count). The number of carbonyl (C=O) groups is 1. The van der Waals surface area contributed by atoms with Gasteiger partial charge in [-0.1, -0.05) is 30.3 Å². The van der Waals surface area contributed by atoms with Crippen LogP contribution in [0.4, 0.5) is 18.9 Å². The summed E-state index contributed by atoms with van der Waals surface area (Å²) in [6.07, 6.45) is -4.42. The van der Waals surface area contributed by atoms with Crippen LogP contribution in [0.1, 0.15) is 32.9 Å². The number of nitrogens with one attached hydrogen (secondary N) is 1. The molecule has 0 radical (unpaired) electrons. The number of rotatable bonds is 5. The predicted octanol–water partition coefficient (Wildman–Crippen LogP) is 5.38. The molecule has 0 atom stereocenters. The van der Waals surface area contributed by atoms with Gasteiger partial charge < -0.3 is 10.1 Å². The lowest BCUT2D eigenvalue weighted by atomic mass is 10.1. The standard InChI is InChI=1S/C24H21F3N4O2/c1-14-22(15(2)31(30-14)13-16-7-6-8-17(11-16)24(25,26)27)29-23(32)19-12-21(33-3)28-20-10-5-4-9-18(19)20/h4-12H,13H2,1-3H3,(H,29,32). The second-order valence-corrected chi connectivity index (χ2v) is 7.59. The smallest absolute Gasteiger partial charge is 0.416 e. The van der Waals surface area contributed by atoms with Gasteiger partial charge in [0.05, 0.1) is 47.4 Å². The number of carbonyl (C=O) groups excluding carboxylic acids is 1. The molecule has 0 aliphatic carbocycles. The molecule has 2 heterocycles. The van der Waals surface area contributed by atoms with E-state index in [-0.39, 0.29) is 12.5 Å². The first-order valence-electron chi connectivity index (χ1n) is 10.1. The van der Waals surface area contributed by atoms with Crippen molar-refractivity contribution in [3.8, 4) is 5.88 Å². The van der Waals surface area contributed by atoms with Crippen molar-refractivity contribution >= 4 is 22.5 Å². The van der Waals surface area contributed by atoms with Gasteiger partial charge in [0.1, 0.15) is 0 Å². The van der Waals surface area contributed by atoms with E-state index < -0.39 is 11.7 Å². The van der Waals surface area contributed by atoms with E-state index in [9.17, 15) is 18.0 Å². The number of nitrogens with zero attached hydrogens (tertiary/aromatic N) is 3. The molecular formula is C24H21F3N4O2. The molecule has 2 aromatic carbocycles. The topological polar surface area (TPSA) is 69.0 Å². The summed E-state index contributed by atoms with van der Waals surface area (Å²) < 4.78 is 45.9. The molecule has 2 aromatic heterocycles. The Bertz CT molecular complexity index is 1350. The van der Waals surface area contributed by atoms with Crippen LogP contribution in [0.2, 0.25) is 0 Å². The number of hydrogen-bond acceptors (Lipinski definition) is 4. The van der Waals surface area contributed by atoms with Crippen molar-refractivity contribution in [2.24, 2.45) is 0 Å². The first-order chi connectivity index (χ1) is 15.7. The monoisotopic (exact) mass is 454 g/mol. The Morgan fingerprint density at radius 3 is 2.58 bits per heavy atom. The minimum absolute atomic E-state index is 0.137. The van der Waals surface area contributed by atoms with E-state index in [1.165, 1.54) is 13.2 Å². The molecule has 1 N–H and O–H groups in total. The minimum Gasteiger partial charge on any atom is -0.481 e. The summed E-state index contributed by atoms with van der Waals surface area (Å²) in [4.78, 5) is 17.5. The van der Waals surface area contributed by atoms with Gasteiger partial charge >= 0.3 is 6.18 Å². The number of methoxy groups -OCH3 is 1. The lowest BCUT2D eigenvalue weighted by Gasteiger charge is -2.11. The van der Waals surface area contributed by atoms with Crippen molar-refractivity contribution in [1.29, 1.82) is 0 Å². The van der Waals surface area contributed by atoms with Gasteiger partial charge in [-0.15, -0.1) is 0 Å². The van der Waals surface area contributed by atoms with Gasteiger partial charge in [-0.05, 0) is 37.6 Å². The molecule has 0 saturated carbocycles. The molecular weight excluding hydrogens is 433 g/mol. The zero-order valence-electron chi connectivity index (χ0n) is 18.2.